The standard InChI is InChI=1S/C13H20N4OS/c1-13(2,3)12-11(19-16-15-12)10(18)6-5-9-7-8-14-17(9)4/h7-8,10,18H,5-6H2,1-4H3. The molecule has 2 aromatic heterocycles. The van der Waals surface area contributed by atoms with E-state index in [9.17, 15) is 5.11 Å². The third-order valence-electron chi connectivity index (χ3n) is 3.12. The van der Waals surface area contributed by atoms with E-state index >= 15 is 0 Å². The maximum absolute atomic E-state index is 10.3. The number of hydrogen-bond donors (Lipinski definition) is 1. The van der Waals surface area contributed by atoms with Crippen molar-refractivity contribution in [1.82, 2.24) is 19.4 Å². The van der Waals surface area contributed by atoms with Crippen LogP contribution in [0.3, 0.4) is 0 Å². The zero-order valence-corrected chi connectivity index (χ0v) is 12.6. The van der Waals surface area contributed by atoms with Crippen LogP contribution in [0.2, 0.25) is 0 Å². The van der Waals surface area contributed by atoms with Gasteiger partial charge in [0.25, 0.3) is 0 Å². The van der Waals surface area contributed by atoms with Gasteiger partial charge < -0.3 is 5.11 Å². The Morgan fingerprint density at radius 2 is 2.16 bits per heavy atom. The highest BCUT2D eigenvalue weighted by Crippen LogP contribution is 2.32. The summed E-state index contributed by atoms with van der Waals surface area (Å²) in [4.78, 5) is 0.884. The van der Waals surface area contributed by atoms with Crippen LogP contribution >= 0.6 is 11.5 Å². The number of hydrogen-bond acceptors (Lipinski definition) is 5. The summed E-state index contributed by atoms with van der Waals surface area (Å²) in [5.74, 6) is 0. The minimum atomic E-state index is -0.510. The van der Waals surface area contributed by atoms with Crippen molar-refractivity contribution < 1.29 is 5.11 Å². The second kappa shape index (κ2) is 5.38. The lowest BCUT2D eigenvalue weighted by Crippen LogP contribution is -2.16. The molecule has 0 aliphatic heterocycles. The molecule has 1 unspecified atom stereocenters. The Morgan fingerprint density at radius 1 is 1.42 bits per heavy atom. The van der Waals surface area contributed by atoms with E-state index in [4.69, 9.17) is 0 Å². The minimum Gasteiger partial charge on any atom is -0.387 e. The topological polar surface area (TPSA) is 63.8 Å². The van der Waals surface area contributed by atoms with Crippen LogP contribution in [0.5, 0.6) is 0 Å². The molecule has 0 aliphatic carbocycles. The van der Waals surface area contributed by atoms with Gasteiger partial charge in [-0.05, 0) is 30.4 Å². The fraction of sp³-hybridized carbons (Fsp3) is 0.615. The molecule has 2 rings (SSSR count). The number of aliphatic hydroxyl groups excluding tert-OH is 1. The number of aromatic nitrogens is 4. The second-order valence-electron chi connectivity index (χ2n) is 5.74. The third kappa shape index (κ3) is 3.19. The highest BCUT2D eigenvalue weighted by molar-refractivity contribution is 7.05. The van der Waals surface area contributed by atoms with Crippen LogP contribution in [0.1, 0.15) is 49.6 Å². The molecule has 6 heteroatoms. The van der Waals surface area contributed by atoms with Crippen molar-refractivity contribution >= 4 is 11.5 Å². The largest absolute Gasteiger partial charge is 0.387 e. The van der Waals surface area contributed by atoms with E-state index in [-0.39, 0.29) is 5.41 Å². The van der Waals surface area contributed by atoms with Gasteiger partial charge in [-0.3, -0.25) is 4.68 Å². The summed E-state index contributed by atoms with van der Waals surface area (Å²) >= 11 is 1.29. The van der Waals surface area contributed by atoms with Gasteiger partial charge in [0.1, 0.15) is 0 Å². The zero-order chi connectivity index (χ0) is 14.0. The van der Waals surface area contributed by atoms with Gasteiger partial charge >= 0.3 is 0 Å². The SMILES string of the molecule is Cn1nccc1CCC(O)c1snnc1C(C)(C)C. The van der Waals surface area contributed by atoms with Gasteiger partial charge in [-0.25, -0.2) is 0 Å². The minimum absolute atomic E-state index is 0.0875. The molecule has 104 valence electrons. The first-order chi connectivity index (χ1) is 8.89. The number of rotatable bonds is 4. The van der Waals surface area contributed by atoms with Crippen LogP contribution in [0, 0.1) is 0 Å². The third-order valence-corrected chi connectivity index (χ3v) is 3.95. The number of aliphatic hydroxyl groups is 1. The van der Waals surface area contributed by atoms with Crippen molar-refractivity contribution in [2.45, 2.75) is 45.1 Å². The van der Waals surface area contributed by atoms with Crippen molar-refractivity contribution in [2.24, 2.45) is 7.05 Å². The summed E-state index contributed by atoms with van der Waals surface area (Å²) in [6, 6.07) is 1.97. The van der Waals surface area contributed by atoms with E-state index < -0.39 is 6.10 Å². The van der Waals surface area contributed by atoms with Crippen LogP contribution < -0.4 is 0 Å². The lowest BCUT2D eigenvalue weighted by molar-refractivity contribution is 0.168. The Morgan fingerprint density at radius 3 is 2.74 bits per heavy atom. The maximum Gasteiger partial charge on any atom is 0.0921 e. The van der Waals surface area contributed by atoms with Crippen molar-refractivity contribution in [2.75, 3.05) is 0 Å². The molecule has 0 amide bonds. The van der Waals surface area contributed by atoms with Crippen LogP contribution in [0.25, 0.3) is 0 Å². The van der Waals surface area contributed by atoms with Gasteiger partial charge in [0.2, 0.25) is 0 Å². The van der Waals surface area contributed by atoms with Crippen molar-refractivity contribution in [1.29, 1.82) is 0 Å². The summed E-state index contributed by atoms with van der Waals surface area (Å²) in [5, 5.41) is 18.6. The van der Waals surface area contributed by atoms with Crippen LogP contribution in [-0.2, 0) is 18.9 Å². The molecule has 0 saturated carbocycles. The molecule has 0 spiro atoms. The van der Waals surface area contributed by atoms with Crippen LogP contribution in [0.4, 0.5) is 0 Å². The van der Waals surface area contributed by atoms with Gasteiger partial charge in [-0.15, -0.1) is 5.10 Å². The molecule has 0 fully saturated rings. The highest BCUT2D eigenvalue weighted by Gasteiger charge is 2.26. The Labute approximate surface area is 117 Å². The highest BCUT2D eigenvalue weighted by atomic mass is 32.1. The summed E-state index contributed by atoms with van der Waals surface area (Å²) in [7, 11) is 1.91. The average Bonchev–Trinajstić information content (AvgIpc) is 2.93. The Balaban J connectivity index is 2.07. The van der Waals surface area contributed by atoms with Crippen LogP contribution in [-0.4, -0.2) is 24.5 Å². The zero-order valence-electron chi connectivity index (χ0n) is 11.8. The lowest BCUT2D eigenvalue weighted by Gasteiger charge is -2.18. The van der Waals surface area contributed by atoms with E-state index in [1.807, 2.05) is 17.8 Å². The maximum atomic E-state index is 10.3. The Hall–Kier alpha value is -1.27. The van der Waals surface area contributed by atoms with Gasteiger partial charge in [0.15, 0.2) is 0 Å². The molecule has 0 aromatic carbocycles. The van der Waals surface area contributed by atoms with E-state index in [1.165, 1.54) is 11.5 Å². The average molecular weight is 280 g/mol. The normalized spacial score (nSPS) is 13.7. The van der Waals surface area contributed by atoms with Gasteiger partial charge in [-0.2, -0.15) is 5.10 Å². The molecular weight excluding hydrogens is 260 g/mol. The van der Waals surface area contributed by atoms with Crippen molar-refractivity contribution in [3.63, 3.8) is 0 Å². The molecule has 1 atom stereocenters. The van der Waals surface area contributed by atoms with Gasteiger partial charge in [-0.1, -0.05) is 25.3 Å². The van der Waals surface area contributed by atoms with E-state index in [0.717, 1.165) is 22.7 Å². The first-order valence-corrected chi connectivity index (χ1v) is 7.14. The first-order valence-electron chi connectivity index (χ1n) is 6.37. The van der Waals surface area contributed by atoms with E-state index in [2.05, 4.69) is 35.5 Å². The molecule has 19 heavy (non-hydrogen) atoms. The summed E-state index contributed by atoms with van der Waals surface area (Å²) in [6.45, 7) is 6.25. The fourth-order valence-corrected chi connectivity index (χ4v) is 2.88. The second-order valence-corrected chi connectivity index (χ2v) is 6.52. The van der Waals surface area contributed by atoms with Crippen molar-refractivity contribution in [3.8, 4) is 0 Å². The monoisotopic (exact) mass is 280 g/mol. The quantitative estimate of drug-likeness (QED) is 0.933. The predicted octanol–water partition coefficient (Wildman–Crippen LogP) is 2.24. The lowest BCUT2D eigenvalue weighted by atomic mass is 9.90. The summed E-state index contributed by atoms with van der Waals surface area (Å²) < 4.78 is 5.82. The molecule has 2 heterocycles. The molecular formula is C13H20N4OS. The Bertz CT molecular complexity index is 541. The van der Waals surface area contributed by atoms with Crippen molar-refractivity contribution in [3.05, 3.63) is 28.5 Å². The first kappa shape index (κ1) is 14.1. The molecule has 5 nitrogen and oxygen atoms in total. The molecule has 1 N–H and O–H groups in total. The molecule has 0 radical (unpaired) electrons. The van der Waals surface area contributed by atoms with Gasteiger partial charge in [0, 0.05) is 24.4 Å². The van der Waals surface area contributed by atoms with Crippen LogP contribution in [0.15, 0.2) is 12.3 Å². The van der Waals surface area contributed by atoms with E-state index in [0.29, 0.717) is 6.42 Å². The Kier molecular flexibility index (Phi) is 4.01. The molecule has 0 bridgehead atoms. The van der Waals surface area contributed by atoms with Gasteiger partial charge in [0.05, 0.1) is 16.7 Å². The molecule has 2 aromatic rings. The molecule has 0 aliphatic rings. The predicted molar refractivity (Wildman–Crippen MR) is 75.1 cm³/mol. The number of nitrogens with zero attached hydrogens (tertiary/aromatic N) is 4. The summed E-state index contributed by atoms with van der Waals surface area (Å²) in [5.41, 5.74) is 1.93. The number of aryl methyl sites for hydroxylation is 2. The molecule has 0 saturated heterocycles. The fourth-order valence-electron chi connectivity index (χ4n) is 2.00. The van der Waals surface area contributed by atoms with E-state index in [1.54, 1.807) is 6.20 Å². The smallest absolute Gasteiger partial charge is 0.0921 e. The summed E-state index contributed by atoms with van der Waals surface area (Å²) in [6.07, 6.45) is 2.71.